The average molecular weight is 200 g/mol. The van der Waals surface area contributed by atoms with Crippen molar-refractivity contribution in [2.24, 2.45) is 0 Å². The fraction of sp³-hybridized carbons (Fsp3) is 0.556. The normalized spacial score (nSPS) is 25.8. The van der Waals surface area contributed by atoms with Crippen molar-refractivity contribution in [3.63, 3.8) is 0 Å². The number of ether oxygens (including phenoxy) is 1. The average Bonchev–Trinajstić information content (AvgIpc) is 2.71. The number of hydrogen-bond donors (Lipinski definition) is 1. The first-order valence-corrected chi connectivity index (χ1v) is 5.44. The predicted molar refractivity (Wildman–Crippen MR) is 50.7 cm³/mol. The van der Waals surface area contributed by atoms with Gasteiger partial charge in [0.15, 0.2) is 0 Å². The highest BCUT2D eigenvalue weighted by molar-refractivity contribution is 7.99. The van der Waals surface area contributed by atoms with Crippen LogP contribution in [-0.2, 0) is 4.74 Å². The quantitative estimate of drug-likeness (QED) is 0.784. The zero-order valence-corrected chi connectivity index (χ0v) is 8.00. The molecule has 13 heavy (non-hydrogen) atoms. The second-order valence-electron chi connectivity index (χ2n) is 2.94. The fourth-order valence-corrected chi connectivity index (χ4v) is 2.22. The van der Waals surface area contributed by atoms with Gasteiger partial charge < -0.3 is 14.3 Å². The minimum atomic E-state index is -0.622. The van der Waals surface area contributed by atoms with Crippen molar-refractivity contribution in [3.8, 4) is 0 Å². The van der Waals surface area contributed by atoms with Crippen LogP contribution in [0.15, 0.2) is 22.8 Å². The molecule has 1 N–H and O–H groups in total. The Morgan fingerprint density at radius 1 is 1.62 bits per heavy atom. The molecule has 72 valence electrons. The third kappa shape index (κ3) is 2.07. The van der Waals surface area contributed by atoms with E-state index in [1.165, 1.54) is 0 Å². The minimum absolute atomic E-state index is 0.120. The summed E-state index contributed by atoms with van der Waals surface area (Å²) in [4.78, 5) is 0. The van der Waals surface area contributed by atoms with Crippen molar-refractivity contribution in [3.05, 3.63) is 24.2 Å². The molecule has 0 spiro atoms. The topological polar surface area (TPSA) is 42.6 Å². The Morgan fingerprint density at radius 3 is 3.15 bits per heavy atom. The Morgan fingerprint density at radius 2 is 2.54 bits per heavy atom. The highest BCUT2D eigenvalue weighted by atomic mass is 32.2. The standard InChI is InChI=1S/C9H12O3S/c10-9(7-2-1-3-11-7)8-6-13-5-4-12-8/h1-3,8-10H,4-6H2. The third-order valence-electron chi connectivity index (χ3n) is 2.03. The molecular weight excluding hydrogens is 188 g/mol. The van der Waals surface area contributed by atoms with Crippen LogP contribution in [-0.4, -0.2) is 29.3 Å². The molecule has 0 saturated carbocycles. The first-order chi connectivity index (χ1) is 6.38. The largest absolute Gasteiger partial charge is 0.466 e. The molecule has 0 aliphatic carbocycles. The maximum atomic E-state index is 9.80. The van der Waals surface area contributed by atoms with Crippen LogP contribution >= 0.6 is 11.8 Å². The van der Waals surface area contributed by atoms with Gasteiger partial charge in [-0.05, 0) is 12.1 Å². The summed E-state index contributed by atoms with van der Waals surface area (Å²) in [6, 6.07) is 3.54. The van der Waals surface area contributed by atoms with Gasteiger partial charge in [-0.2, -0.15) is 11.8 Å². The monoisotopic (exact) mass is 200 g/mol. The number of hydrogen-bond acceptors (Lipinski definition) is 4. The summed E-state index contributed by atoms with van der Waals surface area (Å²) in [5.41, 5.74) is 0. The van der Waals surface area contributed by atoms with E-state index < -0.39 is 6.10 Å². The maximum absolute atomic E-state index is 9.80. The second-order valence-corrected chi connectivity index (χ2v) is 4.09. The summed E-state index contributed by atoms with van der Waals surface area (Å²) >= 11 is 1.80. The highest BCUT2D eigenvalue weighted by Gasteiger charge is 2.25. The number of rotatable bonds is 2. The lowest BCUT2D eigenvalue weighted by Crippen LogP contribution is -2.29. The number of furan rings is 1. The van der Waals surface area contributed by atoms with Gasteiger partial charge in [-0.25, -0.2) is 0 Å². The molecule has 2 heterocycles. The van der Waals surface area contributed by atoms with E-state index in [-0.39, 0.29) is 6.10 Å². The van der Waals surface area contributed by atoms with Gasteiger partial charge >= 0.3 is 0 Å². The Bertz CT molecular complexity index is 241. The molecule has 3 nitrogen and oxygen atoms in total. The summed E-state index contributed by atoms with van der Waals surface area (Å²) in [5.74, 6) is 2.44. The summed E-state index contributed by atoms with van der Waals surface area (Å²) in [5, 5.41) is 9.80. The van der Waals surface area contributed by atoms with Crippen LogP contribution in [0.4, 0.5) is 0 Å². The van der Waals surface area contributed by atoms with Crippen molar-refractivity contribution in [1.29, 1.82) is 0 Å². The van der Waals surface area contributed by atoms with Crippen LogP contribution in [0.2, 0.25) is 0 Å². The van der Waals surface area contributed by atoms with E-state index in [4.69, 9.17) is 9.15 Å². The maximum Gasteiger partial charge on any atom is 0.138 e. The molecule has 0 aromatic carbocycles. The summed E-state index contributed by atoms with van der Waals surface area (Å²) in [6.45, 7) is 0.715. The molecule has 0 amide bonds. The van der Waals surface area contributed by atoms with E-state index in [0.717, 1.165) is 11.5 Å². The molecular formula is C9H12O3S. The minimum Gasteiger partial charge on any atom is -0.466 e. The van der Waals surface area contributed by atoms with E-state index in [2.05, 4.69) is 0 Å². The Balaban J connectivity index is 1.99. The van der Waals surface area contributed by atoms with Gasteiger partial charge in [0.25, 0.3) is 0 Å². The van der Waals surface area contributed by atoms with Crippen molar-refractivity contribution < 1.29 is 14.3 Å². The lowest BCUT2D eigenvalue weighted by atomic mass is 10.2. The van der Waals surface area contributed by atoms with Crippen LogP contribution in [0.5, 0.6) is 0 Å². The van der Waals surface area contributed by atoms with Gasteiger partial charge in [0, 0.05) is 11.5 Å². The van der Waals surface area contributed by atoms with E-state index in [9.17, 15) is 5.11 Å². The smallest absolute Gasteiger partial charge is 0.138 e. The van der Waals surface area contributed by atoms with E-state index in [1.54, 1.807) is 30.2 Å². The molecule has 0 radical (unpaired) electrons. The zero-order chi connectivity index (χ0) is 9.10. The Labute approximate surface area is 81.1 Å². The molecule has 0 bridgehead atoms. The Kier molecular flexibility index (Phi) is 2.93. The fourth-order valence-electron chi connectivity index (χ4n) is 1.33. The molecule has 1 saturated heterocycles. The summed E-state index contributed by atoms with van der Waals surface area (Å²) in [7, 11) is 0. The predicted octanol–water partition coefficient (Wildman–Crippen LogP) is 1.45. The summed E-state index contributed by atoms with van der Waals surface area (Å²) < 4.78 is 10.5. The molecule has 2 atom stereocenters. The highest BCUT2D eigenvalue weighted by Crippen LogP contribution is 2.25. The molecule has 1 fully saturated rings. The molecule has 1 aliphatic rings. The SMILES string of the molecule is OC(c1ccco1)C1CSCCO1. The van der Waals surface area contributed by atoms with Crippen LogP contribution in [0.25, 0.3) is 0 Å². The van der Waals surface area contributed by atoms with Crippen molar-refractivity contribution in [2.45, 2.75) is 12.2 Å². The van der Waals surface area contributed by atoms with Gasteiger partial charge in [-0.3, -0.25) is 0 Å². The number of aliphatic hydroxyl groups excluding tert-OH is 1. The zero-order valence-electron chi connectivity index (χ0n) is 7.18. The summed E-state index contributed by atoms with van der Waals surface area (Å²) in [6.07, 6.45) is 0.821. The molecule has 1 aromatic rings. The molecule has 4 heteroatoms. The number of aliphatic hydroxyl groups is 1. The van der Waals surface area contributed by atoms with Gasteiger partial charge in [-0.1, -0.05) is 0 Å². The van der Waals surface area contributed by atoms with Gasteiger partial charge in [0.05, 0.1) is 19.0 Å². The van der Waals surface area contributed by atoms with Crippen LogP contribution < -0.4 is 0 Å². The van der Waals surface area contributed by atoms with E-state index in [0.29, 0.717) is 12.4 Å². The van der Waals surface area contributed by atoms with Crippen LogP contribution in [0.1, 0.15) is 11.9 Å². The van der Waals surface area contributed by atoms with Gasteiger partial charge in [-0.15, -0.1) is 0 Å². The van der Waals surface area contributed by atoms with Gasteiger partial charge in [0.1, 0.15) is 11.9 Å². The molecule has 2 unspecified atom stereocenters. The molecule has 1 aromatic heterocycles. The molecule has 2 rings (SSSR count). The lowest BCUT2D eigenvalue weighted by Gasteiger charge is -2.25. The first-order valence-electron chi connectivity index (χ1n) is 4.29. The van der Waals surface area contributed by atoms with Gasteiger partial charge in [0.2, 0.25) is 0 Å². The third-order valence-corrected chi connectivity index (χ3v) is 3.05. The van der Waals surface area contributed by atoms with E-state index in [1.807, 2.05) is 0 Å². The van der Waals surface area contributed by atoms with Crippen molar-refractivity contribution in [2.75, 3.05) is 18.1 Å². The van der Waals surface area contributed by atoms with Crippen molar-refractivity contribution in [1.82, 2.24) is 0 Å². The van der Waals surface area contributed by atoms with Crippen molar-refractivity contribution >= 4 is 11.8 Å². The van der Waals surface area contributed by atoms with E-state index >= 15 is 0 Å². The second kappa shape index (κ2) is 4.17. The Hall–Kier alpha value is -0.450. The van der Waals surface area contributed by atoms with Crippen LogP contribution in [0.3, 0.4) is 0 Å². The molecule has 1 aliphatic heterocycles. The van der Waals surface area contributed by atoms with Crippen LogP contribution in [0, 0.1) is 0 Å². The lowest BCUT2D eigenvalue weighted by molar-refractivity contribution is -0.0317. The number of thioether (sulfide) groups is 1. The first kappa shape index (κ1) is 9.12.